The van der Waals surface area contributed by atoms with E-state index in [0.717, 1.165) is 10.7 Å². The van der Waals surface area contributed by atoms with Crippen LogP contribution in [0.4, 0.5) is 0 Å². The van der Waals surface area contributed by atoms with Crippen LogP contribution in [0, 0.1) is 5.92 Å². The normalized spacial score (nSPS) is 10.0. The summed E-state index contributed by atoms with van der Waals surface area (Å²) in [6.45, 7) is 2.10. The summed E-state index contributed by atoms with van der Waals surface area (Å²) < 4.78 is 0. The smallest absolute Gasteiger partial charge is 0.00991 e. The molecule has 0 aromatic carbocycles. The largest absolute Gasteiger partial charge is 0.0922 e. The van der Waals surface area contributed by atoms with E-state index in [9.17, 15) is 0 Å². The van der Waals surface area contributed by atoms with Gasteiger partial charge in [-0.15, -0.1) is 0 Å². The minimum atomic E-state index is 1.01. The highest BCUT2D eigenvalue weighted by molar-refractivity contribution is 9.10. The number of hydrogen-bond acceptors (Lipinski definition) is 0. The topological polar surface area (TPSA) is 0 Å². The molecule has 0 saturated carbocycles. The molecule has 37 valence electrons. The lowest BCUT2D eigenvalue weighted by Crippen LogP contribution is -1.90. The molecule has 0 atom stereocenters. The summed E-state index contributed by atoms with van der Waals surface area (Å²) in [6.07, 6.45) is 0. The molecule has 2 heteroatoms. The van der Waals surface area contributed by atoms with Crippen LogP contribution in [0.1, 0.15) is 6.92 Å². The van der Waals surface area contributed by atoms with E-state index in [0.29, 0.717) is 0 Å². The molecule has 0 amide bonds. The van der Waals surface area contributed by atoms with Crippen molar-refractivity contribution in [1.82, 2.24) is 0 Å². The van der Waals surface area contributed by atoms with Gasteiger partial charge >= 0.3 is 0 Å². The Hall–Kier alpha value is 0.960. The maximum absolute atomic E-state index is 3.31. The van der Waals surface area contributed by atoms with Gasteiger partial charge < -0.3 is 0 Å². The Kier molecular flexibility index (Phi) is 4.79. The number of halogens is 2. The summed E-state index contributed by atoms with van der Waals surface area (Å²) in [5.41, 5.74) is 0. The highest BCUT2D eigenvalue weighted by Gasteiger charge is 1.92. The second-order valence-corrected chi connectivity index (χ2v) is 2.35. The van der Waals surface area contributed by atoms with Gasteiger partial charge in [-0.1, -0.05) is 38.8 Å². The molecule has 0 aromatic rings. The van der Waals surface area contributed by atoms with Crippen molar-refractivity contribution in [3.63, 3.8) is 0 Å². The van der Waals surface area contributed by atoms with E-state index in [4.69, 9.17) is 0 Å². The van der Waals surface area contributed by atoms with Crippen LogP contribution in [-0.4, -0.2) is 10.7 Å². The van der Waals surface area contributed by atoms with Crippen molar-refractivity contribution in [2.24, 2.45) is 0 Å². The van der Waals surface area contributed by atoms with Gasteiger partial charge in [0, 0.05) is 10.7 Å². The summed E-state index contributed by atoms with van der Waals surface area (Å²) in [4.78, 5) is 0. The second-order valence-electron chi connectivity index (χ2n) is 1.22. The summed E-state index contributed by atoms with van der Waals surface area (Å²) in [7, 11) is 0. The van der Waals surface area contributed by atoms with E-state index >= 15 is 0 Å². The molecule has 0 heterocycles. The van der Waals surface area contributed by atoms with Crippen LogP contribution in [0.5, 0.6) is 0 Å². The highest BCUT2D eigenvalue weighted by Crippen LogP contribution is 2.04. The number of rotatable bonds is 2. The molecule has 0 N–H and O–H groups in total. The Morgan fingerprint density at radius 2 is 1.67 bits per heavy atom. The molecule has 0 rings (SSSR count). The first-order valence-electron chi connectivity index (χ1n) is 1.74. The van der Waals surface area contributed by atoms with Crippen molar-refractivity contribution in [2.45, 2.75) is 6.92 Å². The Bertz CT molecular complexity index is 24.7. The molecule has 0 aliphatic heterocycles. The van der Waals surface area contributed by atoms with Gasteiger partial charge in [-0.3, -0.25) is 0 Å². The third kappa shape index (κ3) is 3.16. The third-order valence-corrected chi connectivity index (χ3v) is 2.37. The minimum absolute atomic E-state index is 1.01. The molecule has 0 aliphatic carbocycles. The van der Waals surface area contributed by atoms with Crippen LogP contribution < -0.4 is 0 Å². The predicted molar refractivity (Wildman–Crippen MR) is 36.5 cm³/mol. The van der Waals surface area contributed by atoms with Crippen molar-refractivity contribution in [3.8, 4) is 0 Å². The van der Waals surface area contributed by atoms with Crippen LogP contribution in [0.25, 0.3) is 0 Å². The zero-order chi connectivity index (χ0) is 4.99. The molecule has 0 bridgehead atoms. The Balaban J connectivity index is 2.75. The van der Waals surface area contributed by atoms with E-state index in [1.54, 1.807) is 0 Å². The Labute approximate surface area is 55.6 Å². The van der Waals surface area contributed by atoms with Crippen LogP contribution in [-0.2, 0) is 0 Å². The summed E-state index contributed by atoms with van der Waals surface area (Å²) in [6, 6.07) is 0. The minimum Gasteiger partial charge on any atom is -0.0922 e. The highest BCUT2D eigenvalue weighted by atomic mass is 79.9. The van der Waals surface area contributed by atoms with Gasteiger partial charge in [-0.05, 0) is 5.92 Å². The molecular weight excluding hydrogens is 208 g/mol. The summed E-state index contributed by atoms with van der Waals surface area (Å²) in [5, 5.41) is 2.02. The number of hydrogen-bond donors (Lipinski definition) is 0. The molecule has 0 nitrogen and oxygen atoms in total. The molecule has 0 fully saturated rings. The van der Waals surface area contributed by atoms with Gasteiger partial charge in [-0.25, -0.2) is 0 Å². The Morgan fingerprint density at radius 1 is 1.33 bits per heavy atom. The first-order chi connectivity index (χ1) is 2.81. The zero-order valence-corrected chi connectivity index (χ0v) is 6.84. The van der Waals surface area contributed by atoms with E-state index < -0.39 is 0 Å². The molecule has 0 aliphatic rings. The van der Waals surface area contributed by atoms with Crippen LogP contribution in [0.2, 0.25) is 0 Å². The molecule has 0 aromatic heterocycles. The molecule has 1 radical (unpaired) electrons. The molecule has 0 saturated heterocycles. The van der Waals surface area contributed by atoms with Crippen LogP contribution >= 0.6 is 31.9 Å². The van der Waals surface area contributed by atoms with Gasteiger partial charge in [0.1, 0.15) is 0 Å². The first-order valence-corrected chi connectivity index (χ1v) is 3.98. The van der Waals surface area contributed by atoms with Gasteiger partial charge in [0.25, 0.3) is 0 Å². The maximum atomic E-state index is 3.31. The van der Waals surface area contributed by atoms with E-state index in [-0.39, 0.29) is 0 Å². The lowest BCUT2D eigenvalue weighted by atomic mass is 10.3. The van der Waals surface area contributed by atoms with Crippen molar-refractivity contribution in [3.05, 3.63) is 5.92 Å². The number of alkyl halides is 2. The summed E-state index contributed by atoms with van der Waals surface area (Å²) in [5.74, 6) is 1.43. The third-order valence-electron chi connectivity index (χ3n) is 0.456. The van der Waals surface area contributed by atoms with Crippen molar-refractivity contribution < 1.29 is 0 Å². The average Bonchev–Trinajstić information content (AvgIpc) is 1.65. The standard InChI is InChI=1S/C4H7Br2/c1-4(2-5)3-6/h2-3H2,1H3. The molecule has 0 spiro atoms. The van der Waals surface area contributed by atoms with Crippen molar-refractivity contribution in [2.75, 3.05) is 10.7 Å². The van der Waals surface area contributed by atoms with Gasteiger partial charge in [-0.2, -0.15) is 0 Å². The predicted octanol–water partition coefficient (Wildman–Crippen LogP) is 2.37. The van der Waals surface area contributed by atoms with Gasteiger partial charge in [0.15, 0.2) is 0 Å². The first kappa shape index (κ1) is 6.96. The fourth-order valence-corrected chi connectivity index (χ4v) is 0.964. The van der Waals surface area contributed by atoms with Crippen LogP contribution in [0.3, 0.4) is 0 Å². The quantitative estimate of drug-likeness (QED) is 0.620. The van der Waals surface area contributed by atoms with Crippen molar-refractivity contribution >= 4 is 31.9 Å². The van der Waals surface area contributed by atoms with E-state index in [2.05, 4.69) is 38.8 Å². The molecule has 6 heavy (non-hydrogen) atoms. The molecule has 0 unspecified atom stereocenters. The monoisotopic (exact) mass is 213 g/mol. The van der Waals surface area contributed by atoms with Crippen LogP contribution in [0.15, 0.2) is 0 Å². The van der Waals surface area contributed by atoms with Gasteiger partial charge in [0.05, 0.1) is 0 Å². The average molecular weight is 215 g/mol. The van der Waals surface area contributed by atoms with Crippen molar-refractivity contribution in [1.29, 1.82) is 0 Å². The fraction of sp³-hybridized carbons (Fsp3) is 0.750. The SMILES string of the molecule is C[C](CBr)CBr. The fourth-order valence-electron chi connectivity index (χ4n) is 0.0357. The second kappa shape index (κ2) is 4.13. The Morgan fingerprint density at radius 3 is 1.67 bits per heavy atom. The lowest BCUT2D eigenvalue weighted by Gasteiger charge is -1.95. The zero-order valence-electron chi connectivity index (χ0n) is 3.67. The summed E-state index contributed by atoms with van der Waals surface area (Å²) >= 11 is 6.62. The lowest BCUT2D eigenvalue weighted by molar-refractivity contribution is 1.15. The van der Waals surface area contributed by atoms with E-state index in [1.165, 1.54) is 5.92 Å². The maximum Gasteiger partial charge on any atom is 0.00991 e. The molecular formula is C4H7Br2. The van der Waals surface area contributed by atoms with E-state index in [1.807, 2.05) is 0 Å². The van der Waals surface area contributed by atoms with Gasteiger partial charge in [0.2, 0.25) is 0 Å².